The van der Waals surface area contributed by atoms with Crippen LogP contribution < -0.4 is 0 Å². The fraction of sp³-hybridized carbons (Fsp3) is 0.667. The van der Waals surface area contributed by atoms with Crippen molar-refractivity contribution in [2.75, 3.05) is 39.6 Å². The molecule has 0 heterocycles. The number of rotatable bonds is 20. The largest absolute Gasteiger partial charge is 0.465 e. The molecule has 0 radical (unpaired) electrons. The van der Waals surface area contributed by atoms with Gasteiger partial charge >= 0.3 is 29.8 Å². The Bertz CT molecular complexity index is 1420. The summed E-state index contributed by atoms with van der Waals surface area (Å²) >= 11 is 0. The maximum atomic E-state index is 12.9. The number of aliphatic hydroxyl groups excluding tert-OH is 1. The number of hydrogen-bond donors (Lipinski definition) is 1. The smallest absolute Gasteiger partial charge is 0.338 e. The first kappa shape index (κ1) is 43.2. The summed E-state index contributed by atoms with van der Waals surface area (Å²) in [5, 5.41) is 9.74. The lowest BCUT2D eigenvalue weighted by molar-refractivity contribution is -0.158. The minimum Gasteiger partial charge on any atom is -0.465 e. The summed E-state index contributed by atoms with van der Waals surface area (Å²) in [5.41, 5.74) is -0.490. The Kier molecular flexibility index (Phi) is 17.5. The molecule has 0 spiro atoms. The van der Waals surface area contributed by atoms with E-state index in [4.69, 9.17) is 28.4 Å². The van der Waals surface area contributed by atoms with Crippen LogP contribution >= 0.6 is 0 Å². The van der Waals surface area contributed by atoms with Gasteiger partial charge in [0.05, 0.1) is 55.8 Å². The Balaban J connectivity index is 1.30. The molecule has 14 nitrogen and oxygen atoms in total. The van der Waals surface area contributed by atoms with E-state index in [0.717, 1.165) is 25.7 Å². The number of benzene rings is 1. The van der Waals surface area contributed by atoms with Gasteiger partial charge in [-0.25, -0.2) is 9.59 Å². The molecule has 3 rings (SSSR count). The average molecular weight is 747 g/mol. The maximum Gasteiger partial charge on any atom is 0.338 e. The first-order valence-corrected chi connectivity index (χ1v) is 18.3. The number of aliphatic hydroxyl groups is 1. The SMILES string of the molecule is CC(=O)CC(=O)OCCOC(=O)c1cccc(C(=O)OCC(C)(C)COC(=O)C2CCC(C(=O)OCC3CCC(COC(O)CC(C)=O)CC3)CC2)c1. The zero-order valence-electron chi connectivity index (χ0n) is 31.3. The molecule has 53 heavy (non-hydrogen) atoms. The Hall–Kier alpha value is -4.17. The summed E-state index contributed by atoms with van der Waals surface area (Å²) in [4.78, 5) is 84.2. The molecule has 2 aliphatic carbocycles. The molecular formula is C39H54O14. The Morgan fingerprint density at radius 2 is 1.19 bits per heavy atom. The third kappa shape index (κ3) is 16.2. The highest BCUT2D eigenvalue weighted by Crippen LogP contribution is 2.33. The predicted molar refractivity (Wildman–Crippen MR) is 187 cm³/mol. The van der Waals surface area contributed by atoms with Gasteiger partial charge in [0, 0.05) is 5.41 Å². The van der Waals surface area contributed by atoms with Crippen LogP contribution in [0.1, 0.15) is 113 Å². The van der Waals surface area contributed by atoms with Crippen molar-refractivity contribution in [2.45, 2.75) is 98.2 Å². The number of ether oxygens (including phenoxy) is 6. The zero-order chi connectivity index (χ0) is 39.0. The van der Waals surface area contributed by atoms with E-state index in [-0.39, 0.29) is 91.7 Å². The third-order valence-electron chi connectivity index (χ3n) is 9.31. The number of carbonyl (C=O) groups is 7. The van der Waals surface area contributed by atoms with E-state index in [1.807, 2.05) is 0 Å². The summed E-state index contributed by atoms with van der Waals surface area (Å²) in [7, 11) is 0. The van der Waals surface area contributed by atoms with Gasteiger partial charge in [-0.05, 0) is 95.2 Å². The van der Waals surface area contributed by atoms with Crippen molar-refractivity contribution in [1.82, 2.24) is 0 Å². The lowest BCUT2D eigenvalue weighted by atomic mass is 9.81. The van der Waals surface area contributed by atoms with Gasteiger partial charge < -0.3 is 33.5 Å². The molecule has 294 valence electrons. The number of carbonyl (C=O) groups excluding carboxylic acids is 7. The topological polar surface area (TPSA) is 195 Å². The molecule has 14 heteroatoms. The second kappa shape index (κ2) is 21.5. The van der Waals surface area contributed by atoms with Crippen molar-refractivity contribution in [1.29, 1.82) is 0 Å². The highest BCUT2D eigenvalue weighted by molar-refractivity contribution is 5.95. The highest BCUT2D eigenvalue weighted by Gasteiger charge is 2.34. The van der Waals surface area contributed by atoms with Crippen molar-refractivity contribution < 1.29 is 67.1 Å². The van der Waals surface area contributed by atoms with E-state index < -0.39 is 29.6 Å². The normalized spacial score (nSPS) is 20.7. The molecular weight excluding hydrogens is 692 g/mol. The number of hydrogen-bond acceptors (Lipinski definition) is 14. The van der Waals surface area contributed by atoms with Crippen LogP contribution in [0.25, 0.3) is 0 Å². The van der Waals surface area contributed by atoms with Gasteiger partial charge in [-0.1, -0.05) is 19.9 Å². The summed E-state index contributed by atoms with van der Waals surface area (Å²) in [6.45, 7) is 6.54. The van der Waals surface area contributed by atoms with E-state index in [9.17, 15) is 38.7 Å². The molecule has 2 saturated carbocycles. The Morgan fingerprint density at radius 3 is 1.75 bits per heavy atom. The molecule has 0 saturated heterocycles. The second-order valence-corrected chi connectivity index (χ2v) is 14.9. The van der Waals surface area contributed by atoms with Crippen molar-refractivity contribution in [2.24, 2.45) is 29.1 Å². The molecule has 1 atom stereocenters. The Labute approximate surface area is 310 Å². The van der Waals surface area contributed by atoms with Crippen molar-refractivity contribution in [3.63, 3.8) is 0 Å². The monoisotopic (exact) mass is 746 g/mol. The number of ketones is 2. The third-order valence-corrected chi connectivity index (χ3v) is 9.31. The number of Topliss-reactive ketones (excluding diaryl/α,β-unsaturated/α-hetero) is 2. The minimum atomic E-state index is -1.06. The standard InChI is InChI=1S/C39H54O14/c1-25(40)18-33(42)48-16-17-49-37(46)31-6-5-7-32(20-31)38(47)53-24-39(3,4)23-52-36(45)30-14-12-29(13-15-30)35(44)51-22-28-10-8-27(9-11-28)21-50-34(43)19-26(2)41/h5-7,20,27-30,34,43H,8-19,21-24H2,1-4H3. The highest BCUT2D eigenvalue weighted by atomic mass is 16.6. The first-order chi connectivity index (χ1) is 25.1. The van der Waals surface area contributed by atoms with Gasteiger partial charge in [-0.15, -0.1) is 0 Å². The van der Waals surface area contributed by atoms with Crippen molar-refractivity contribution in [3.8, 4) is 0 Å². The molecule has 0 amide bonds. The molecule has 1 N–H and O–H groups in total. The van der Waals surface area contributed by atoms with Crippen LogP contribution in [-0.4, -0.2) is 92.5 Å². The van der Waals surface area contributed by atoms with Crippen LogP contribution in [0.4, 0.5) is 0 Å². The maximum absolute atomic E-state index is 12.9. The van der Waals surface area contributed by atoms with E-state index in [0.29, 0.717) is 44.8 Å². The van der Waals surface area contributed by atoms with Gasteiger partial charge in [0.15, 0.2) is 6.29 Å². The van der Waals surface area contributed by atoms with Gasteiger partial charge in [-0.2, -0.15) is 0 Å². The average Bonchev–Trinajstić information content (AvgIpc) is 3.12. The Morgan fingerprint density at radius 1 is 0.679 bits per heavy atom. The van der Waals surface area contributed by atoms with Gasteiger partial charge in [0.1, 0.15) is 31.2 Å². The van der Waals surface area contributed by atoms with Crippen molar-refractivity contribution in [3.05, 3.63) is 35.4 Å². The van der Waals surface area contributed by atoms with Crippen LogP contribution in [0.5, 0.6) is 0 Å². The quantitative estimate of drug-likeness (QED) is 0.0641. The molecule has 1 unspecified atom stereocenters. The van der Waals surface area contributed by atoms with Crippen LogP contribution in [0.15, 0.2) is 24.3 Å². The van der Waals surface area contributed by atoms with Crippen LogP contribution in [0, 0.1) is 29.1 Å². The molecule has 2 aliphatic rings. The minimum absolute atomic E-state index is 0.00848. The molecule has 1 aromatic rings. The van der Waals surface area contributed by atoms with Crippen molar-refractivity contribution >= 4 is 41.4 Å². The second-order valence-electron chi connectivity index (χ2n) is 14.9. The fourth-order valence-electron chi connectivity index (χ4n) is 6.17. The summed E-state index contributed by atoms with van der Waals surface area (Å²) in [6.07, 6.45) is 4.27. The molecule has 0 aliphatic heterocycles. The molecule has 1 aromatic carbocycles. The van der Waals surface area contributed by atoms with Gasteiger partial charge in [-0.3, -0.25) is 24.0 Å². The van der Waals surface area contributed by atoms with Crippen LogP contribution in [0.2, 0.25) is 0 Å². The fourth-order valence-corrected chi connectivity index (χ4v) is 6.17. The van der Waals surface area contributed by atoms with Gasteiger partial charge in [0.25, 0.3) is 0 Å². The van der Waals surface area contributed by atoms with E-state index >= 15 is 0 Å². The van der Waals surface area contributed by atoms with E-state index in [2.05, 4.69) is 0 Å². The van der Waals surface area contributed by atoms with E-state index in [1.54, 1.807) is 13.8 Å². The molecule has 0 aromatic heterocycles. The van der Waals surface area contributed by atoms with Crippen LogP contribution in [-0.2, 0) is 52.4 Å². The summed E-state index contributed by atoms with van der Waals surface area (Å²) in [5.74, 6) is -3.18. The molecule has 2 fully saturated rings. The lowest BCUT2D eigenvalue weighted by Gasteiger charge is -2.30. The summed E-state index contributed by atoms with van der Waals surface area (Å²) < 4.78 is 32.0. The predicted octanol–water partition coefficient (Wildman–Crippen LogP) is 4.56. The van der Waals surface area contributed by atoms with Gasteiger partial charge in [0.2, 0.25) is 0 Å². The first-order valence-electron chi connectivity index (χ1n) is 18.3. The van der Waals surface area contributed by atoms with Crippen LogP contribution in [0.3, 0.4) is 0 Å². The van der Waals surface area contributed by atoms with E-state index in [1.165, 1.54) is 38.1 Å². The molecule has 0 bridgehead atoms. The summed E-state index contributed by atoms with van der Waals surface area (Å²) in [6, 6.07) is 5.77. The lowest BCUT2D eigenvalue weighted by Crippen LogP contribution is -2.33. The zero-order valence-corrected chi connectivity index (χ0v) is 31.3. The number of esters is 5.